The van der Waals surface area contributed by atoms with Gasteiger partial charge in [0, 0.05) is 30.9 Å². The number of aryl methyl sites for hydroxylation is 1. The molecule has 238 valence electrons. The highest BCUT2D eigenvalue weighted by Crippen LogP contribution is 2.21. The van der Waals surface area contributed by atoms with Gasteiger partial charge in [-0.3, -0.25) is 24.1 Å². The van der Waals surface area contributed by atoms with Gasteiger partial charge in [0.2, 0.25) is 11.8 Å². The maximum Gasteiger partial charge on any atom is 0.308 e. The molecule has 6 atom stereocenters. The first kappa shape index (κ1) is 36.1. The lowest BCUT2D eigenvalue weighted by atomic mass is 9.96. The van der Waals surface area contributed by atoms with Crippen molar-refractivity contribution < 1.29 is 23.9 Å². The van der Waals surface area contributed by atoms with Crippen molar-refractivity contribution in [2.75, 3.05) is 33.9 Å². The molecule has 1 saturated heterocycles. The number of amides is 3. The second-order valence-corrected chi connectivity index (χ2v) is 13.2. The maximum absolute atomic E-state index is 13.7. The number of methoxy groups -OCH3 is 1. The number of nitrogens with one attached hydrogen (secondary N) is 2. The molecule has 0 aliphatic carbocycles. The highest BCUT2D eigenvalue weighted by atomic mass is 32.1. The average molecular weight is 626 g/mol. The smallest absolute Gasteiger partial charge is 0.308 e. The fraction of sp³-hybridized carbons (Fsp3) is 0.767. The van der Waals surface area contributed by atoms with E-state index in [1.165, 1.54) is 18.4 Å². The van der Waals surface area contributed by atoms with Gasteiger partial charge in [0.1, 0.15) is 11.7 Å². The SMILES string of the molecule is CCC[C@H](NC(=O)[C@H]1CCCCN1C)C(=O)N(C)[C@H](CCc1nc(C(=O)N[C@@H](CP)C[C@H](C)C(=O)OC)cs1)C(C)C. The van der Waals surface area contributed by atoms with Crippen molar-refractivity contribution in [1.82, 2.24) is 25.4 Å². The molecule has 1 fully saturated rings. The van der Waals surface area contributed by atoms with Crippen LogP contribution in [0.2, 0.25) is 0 Å². The van der Waals surface area contributed by atoms with Crippen LogP contribution in [-0.2, 0) is 25.5 Å². The molecule has 1 aliphatic heterocycles. The molecule has 0 radical (unpaired) electrons. The number of hydrogen-bond acceptors (Lipinski definition) is 8. The van der Waals surface area contributed by atoms with Crippen LogP contribution in [0.5, 0.6) is 0 Å². The Morgan fingerprint density at radius 2 is 1.90 bits per heavy atom. The summed E-state index contributed by atoms with van der Waals surface area (Å²) in [6, 6.07) is -0.975. The van der Waals surface area contributed by atoms with Crippen molar-refractivity contribution in [2.24, 2.45) is 11.8 Å². The molecule has 0 saturated carbocycles. The van der Waals surface area contributed by atoms with E-state index in [1.54, 1.807) is 17.2 Å². The van der Waals surface area contributed by atoms with E-state index in [1.807, 2.05) is 21.0 Å². The number of rotatable bonds is 16. The summed E-state index contributed by atoms with van der Waals surface area (Å²) in [5.41, 5.74) is 0.355. The van der Waals surface area contributed by atoms with Crippen LogP contribution in [0.4, 0.5) is 0 Å². The fourth-order valence-electron chi connectivity index (χ4n) is 5.60. The Hall–Kier alpha value is -2.10. The zero-order valence-electron chi connectivity index (χ0n) is 26.5. The molecule has 0 bridgehead atoms. The molecule has 2 heterocycles. The first-order valence-electron chi connectivity index (χ1n) is 15.2. The van der Waals surface area contributed by atoms with Gasteiger partial charge in [-0.2, -0.15) is 0 Å². The van der Waals surface area contributed by atoms with Gasteiger partial charge in [0.05, 0.1) is 24.1 Å². The number of ether oxygens (including phenoxy) is 1. The van der Waals surface area contributed by atoms with E-state index in [2.05, 4.69) is 43.6 Å². The van der Waals surface area contributed by atoms with E-state index in [9.17, 15) is 19.2 Å². The highest BCUT2D eigenvalue weighted by Gasteiger charge is 2.33. The van der Waals surface area contributed by atoms with Gasteiger partial charge in [0.15, 0.2) is 0 Å². The average Bonchev–Trinajstić information content (AvgIpc) is 3.44. The largest absolute Gasteiger partial charge is 0.469 e. The number of likely N-dealkylation sites (N-methyl/N-ethyl adjacent to an activating group) is 2. The van der Waals surface area contributed by atoms with Crippen molar-refractivity contribution in [3.63, 3.8) is 0 Å². The Balaban J connectivity index is 2.01. The van der Waals surface area contributed by atoms with Gasteiger partial charge in [0.25, 0.3) is 5.91 Å². The molecule has 42 heavy (non-hydrogen) atoms. The minimum absolute atomic E-state index is 0.0476. The number of piperidine rings is 1. The Kier molecular flexibility index (Phi) is 15.4. The van der Waals surface area contributed by atoms with Crippen LogP contribution in [0, 0.1) is 11.8 Å². The molecule has 2 rings (SSSR count). The number of carbonyl (C=O) groups is 4. The van der Waals surface area contributed by atoms with Crippen molar-refractivity contribution >= 4 is 44.3 Å². The van der Waals surface area contributed by atoms with Gasteiger partial charge < -0.3 is 20.3 Å². The number of likely N-dealkylation sites (tertiary alicyclic amines) is 1. The summed E-state index contributed by atoms with van der Waals surface area (Å²) >= 11 is 1.43. The molecule has 0 aromatic carbocycles. The van der Waals surface area contributed by atoms with E-state index in [0.29, 0.717) is 37.5 Å². The minimum atomic E-state index is -0.550. The number of esters is 1. The van der Waals surface area contributed by atoms with Crippen molar-refractivity contribution in [2.45, 2.75) is 103 Å². The van der Waals surface area contributed by atoms with Crippen LogP contribution >= 0.6 is 20.6 Å². The molecule has 2 N–H and O–H groups in total. The third-order valence-electron chi connectivity index (χ3n) is 8.18. The quantitative estimate of drug-likeness (QED) is 0.213. The maximum atomic E-state index is 13.7. The lowest BCUT2D eigenvalue weighted by Crippen LogP contribution is -2.56. The number of nitrogens with zero attached hydrogens (tertiary/aromatic N) is 3. The number of hydrogen-bond donors (Lipinski definition) is 2. The summed E-state index contributed by atoms with van der Waals surface area (Å²) in [7, 11) is 7.77. The van der Waals surface area contributed by atoms with E-state index >= 15 is 0 Å². The van der Waals surface area contributed by atoms with Crippen LogP contribution < -0.4 is 10.6 Å². The molecular weight excluding hydrogens is 573 g/mol. The zero-order chi connectivity index (χ0) is 31.4. The molecule has 3 amide bonds. The second kappa shape index (κ2) is 17.9. The lowest BCUT2D eigenvalue weighted by molar-refractivity contribution is -0.145. The standard InChI is InChI=1S/C30H52N5O5PS/c1-8-11-22(33-28(37)25-12-9-10-15-34(25)5)29(38)35(6)24(19(2)3)13-14-26-32-23(18-42-26)27(36)31-21(17-41)16-20(4)30(39)40-7/h18-22,24-25H,8-17,41H2,1-7H3,(H,31,36)(H,33,37)/t20-,21+,22-,24+,25+/m0/s1. The molecule has 1 aromatic heterocycles. The van der Waals surface area contributed by atoms with E-state index in [-0.39, 0.29) is 53.7 Å². The molecule has 12 heteroatoms. The second-order valence-electron chi connectivity index (χ2n) is 11.8. The van der Waals surface area contributed by atoms with E-state index in [0.717, 1.165) is 37.2 Å². The Bertz CT molecular complexity index is 1040. The van der Waals surface area contributed by atoms with Crippen LogP contribution in [0.1, 0.15) is 88.1 Å². The van der Waals surface area contributed by atoms with Gasteiger partial charge in [-0.15, -0.1) is 20.6 Å². The van der Waals surface area contributed by atoms with Crippen LogP contribution in [-0.4, -0.2) is 96.6 Å². The number of carbonyl (C=O) groups excluding carboxylic acids is 4. The molecule has 0 spiro atoms. The third-order valence-corrected chi connectivity index (χ3v) is 9.66. The molecular formula is C30H52N5O5PS. The van der Waals surface area contributed by atoms with Crippen LogP contribution in [0.3, 0.4) is 0 Å². The summed E-state index contributed by atoms with van der Waals surface area (Å²) in [6.45, 7) is 8.89. The Labute approximate surface area is 258 Å². The van der Waals surface area contributed by atoms with Crippen molar-refractivity contribution in [3.8, 4) is 0 Å². The van der Waals surface area contributed by atoms with Crippen molar-refractivity contribution in [3.05, 3.63) is 16.1 Å². The van der Waals surface area contributed by atoms with E-state index in [4.69, 9.17) is 4.74 Å². The summed E-state index contributed by atoms with van der Waals surface area (Å²) < 4.78 is 4.80. The van der Waals surface area contributed by atoms with E-state index < -0.39 is 6.04 Å². The molecule has 1 aromatic rings. The topological polar surface area (TPSA) is 121 Å². The summed E-state index contributed by atoms with van der Waals surface area (Å²) in [4.78, 5) is 59.8. The number of thiazole rings is 1. The van der Waals surface area contributed by atoms with Crippen molar-refractivity contribution in [1.29, 1.82) is 0 Å². The first-order chi connectivity index (χ1) is 19.9. The Morgan fingerprint density at radius 3 is 2.50 bits per heavy atom. The normalized spacial score (nSPS) is 18.5. The lowest BCUT2D eigenvalue weighted by Gasteiger charge is -2.36. The van der Waals surface area contributed by atoms with Gasteiger partial charge in [-0.05, 0) is 57.8 Å². The Morgan fingerprint density at radius 1 is 1.19 bits per heavy atom. The monoisotopic (exact) mass is 625 g/mol. The molecule has 1 aliphatic rings. The predicted molar refractivity (Wildman–Crippen MR) is 171 cm³/mol. The van der Waals surface area contributed by atoms with Gasteiger partial charge >= 0.3 is 5.97 Å². The van der Waals surface area contributed by atoms with Gasteiger partial charge in [-0.1, -0.05) is 40.5 Å². The van der Waals surface area contributed by atoms with Crippen LogP contribution in [0.15, 0.2) is 5.38 Å². The predicted octanol–water partition coefficient (Wildman–Crippen LogP) is 3.50. The molecule has 10 nitrogen and oxygen atoms in total. The van der Waals surface area contributed by atoms with Gasteiger partial charge in [-0.25, -0.2) is 4.98 Å². The summed E-state index contributed by atoms with van der Waals surface area (Å²) in [5, 5.41) is 8.63. The molecule has 1 unspecified atom stereocenters. The number of aromatic nitrogens is 1. The minimum Gasteiger partial charge on any atom is -0.469 e. The zero-order valence-corrected chi connectivity index (χ0v) is 28.5. The summed E-state index contributed by atoms with van der Waals surface area (Å²) in [5.74, 6) is -0.812. The highest BCUT2D eigenvalue weighted by molar-refractivity contribution is 7.16. The summed E-state index contributed by atoms with van der Waals surface area (Å²) in [6.07, 6.45) is 6.73. The van der Waals surface area contributed by atoms with Crippen LogP contribution in [0.25, 0.3) is 0 Å². The fourth-order valence-corrected chi connectivity index (χ4v) is 6.71. The first-order valence-corrected chi connectivity index (χ1v) is 16.9. The third kappa shape index (κ3) is 10.6.